The van der Waals surface area contributed by atoms with E-state index >= 15 is 0 Å². The molecule has 0 aliphatic rings. The van der Waals surface area contributed by atoms with Crippen molar-refractivity contribution in [3.05, 3.63) is 66.2 Å². The van der Waals surface area contributed by atoms with Crippen LogP contribution < -0.4 is 4.74 Å². The van der Waals surface area contributed by atoms with Gasteiger partial charge in [0.05, 0.1) is 15.6 Å². The van der Waals surface area contributed by atoms with Gasteiger partial charge in [-0.25, -0.2) is 14.1 Å². The molecule has 0 N–H and O–H groups in total. The van der Waals surface area contributed by atoms with Crippen molar-refractivity contribution >= 4 is 29.3 Å². The van der Waals surface area contributed by atoms with Gasteiger partial charge in [0.25, 0.3) is 0 Å². The van der Waals surface area contributed by atoms with E-state index in [1.165, 1.54) is 35.6 Å². The lowest BCUT2D eigenvalue weighted by Crippen LogP contribution is -2.16. The highest BCUT2D eigenvalue weighted by Gasteiger charge is 2.31. The lowest BCUT2D eigenvalue weighted by molar-refractivity contribution is -0.274. The molecular weight excluding hydrogens is 518 g/mol. The van der Waals surface area contributed by atoms with Crippen LogP contribution in [0.3, 0.4) is 0 Å². The van der Waals surface area contributed by atoms with Gasteiger partial charge in [-0.1, -0.05) is 37.3 Å². The van der Waals surface area contributed by atoms with Gasteiger partial charge in [-0.2, -0.15) is 14.7 Å². The van der Waals surface area contributed by atoms with Crippen molar-refractivity contribution in [3.8, 4) is 33.3 Å². The van der Waals surface area contributed by atoms with Gasteiger partial charge in [0.15, 0.2) is 0 Å². The van der Waals surface area contributed by atoms with E-state index in [0.717, 1.165) is 15.5 Å². The van der Waals surface area contributed by atoms with Crippen LogP contribution in [0.2, 0.25) is 0 Å². The average Bonchev–Trinajstić information content (AvgIpc) is 3.37. The second kappa shape index (κ2) is 11.5. The maximum Gasteiger partial charge on any atom is 0.573 e. The molecule has 0 bridgehead atoms. The highest BCUT2D eigenvalue weighted by Crippen LogP contribution is 2.40. The van der Waals surface area contributed by atoms with Crippen molar-refractivity contribution in [1.29, 1.82) is 0 Å². The van der Waals surface area contributed by atoms with E-state index in [9.17, 15) is 17.6 Å². The van der Waals surface area contributed by atoms with Gasteiger partial charge in [0.1, 0.15) is 11.6 Å². The summed E-state index contributed by atoms with van der Waals surface area (Å²) in [6.45, 7) is 5.94. The summed E-state index contributed by atoms with van der Waals surface area (Å²) in [5.74, 6) is -0.619. The number of ether oxygens (including phenoxy) is 1. The topological polar surface area (TPSA) is 74.1 Å². The number of thioether (sulfide) groups is 1. The first kappa shape index (κ1) is 27.1. The third-order valence-corrected chi connectivity index (χ3v) is 6.78. The number of benzene rings is 2. The second-order valence-electron chi connectivity index (χ2n) is 7.54. The van der Waals surface area contributed by atoms with Crippen molar-refractivity contribution in [1.82, 2.24) is 14.8 Å². The fourth-order valence-electron chi connectivity index (χ4n) is 3.18. The molecule has 12 heteroatoms. The van der Waals surface area contributed by atoms with Crippen LogP contribution in [0.25, 0.3) is 27.5 Å². The Bertz CT molecular complexity index is 1360. The lowest BCUT2D eigenvalue weighted by Gasteiger charge is -2.09. The summed E-state index contributed by atoms with van der Waals surface area (Å²) in [5.41, 5.74) is 3.56. The summed E-state index contributed by atoms with van der Waals surface area (Å²) in [7, 11) is 0. The molecule has 0 saturated carbocycles. The zero-order valence-electron chi connectivity index (χ0n) is 19.2. The van der Waals surface area contributed by atoms with Crippen molar-refractivity contribution < 1.29 is 31.9 Å². The van der Waals surface area contributed by atoms with Gasteiger partial charge in [-0.05, 0) is 48.9 Å². The molecule has 0 spiro atoms. The molecule has 0 radical (unpaired) electrons. The van der Waals surface area contributed by atoms with Crippen LogP contribution in [-0.4, -0.2) is 32.5 Å². The summed E-state index contributed by atoms with van der Waals surface area (Å²) in [4.78, 5) is 21.0. The molecule has 2 heterocycles. The molecule has 2 aromatic carbocycles. The maximum absolute atomic E-state index is 13.7. The zero-order chi connectivity index (χ0) is 26.5. The molecule has 4 aromatic rings. The molecule has 36 heavy (non-hydrogen) atoms. The molecule has 0 aliphatic carbocycles. The number of hydrogen-bond acceptors (Lipinski definition) is 7. The zero-order valence-corrected chi connectivity index (χ0v) is 20.8. The molecule has 6 nitrogen and oxygen atoms in total. The Hall–Kier alpha value is -3.47. The summed E-state index contributed by atoms with van der Waals surface area (Å²) in [6, 6.07) is 11.9. The largest absolute Gasteiger partial charge is 0.573 e. The fourth-order valence-corrected chi connectivity index (χ4v) is 5.63. The van der Waals surface area contributed by atoms with Crippen molar-refractivity contribution in [2.75, 3.05) is 0 Å². The minimum atomic E-state index is -4.74. The minimum absolute atomic E-state index is 0.250. The molecule has 0 atom stereocenters. The Kier molecular flexibility index (Phi) is 8.67. The lowest BCUT2D eigenvalue weighted by atomic mass is 10.1. The smallest absolute Gasteiger partial charge is 0.406 e. The van der Waals surface area contributed by atoms with E-state index in [2.05, 4.69) is 9.84 Å². The van der Waals surface area contributed by atoms with Crippen LogP contribution in [0.1, 0.15) is 19.5 Å². The predicted octanol–water partition coefficient (Wildman–Crippen LogP) is 6.93. The highest BCUT2D eigenvalue weighted by molar-refractivity contribution is 8.01. The van der Waals surface area contributed by atoms with Gasteiger partial charge in [-0.15, -0.1) is 24.9 Å². The SMILES string of the molecule is Cc1nn(-c2nc(-c3ccc(OC(F)(F)F)cc3)c(SC(C)C)s2)cc1-c1cccc(F)c1.O=C=O. The van der Waals surface area contributed by atoms with Crippen LogP contribution in [-0.2, 0) is 9.59 Å². The maximum atomic E-state index is 13.7. The van der Waals surface area contributed by atoms with E-state index in [1.807, 2.05) is 26.8 Å². The summed E-state index contributed by atoms with van der Waals surface area (Å²) < 4.78 is 57.6. The Morgan fingerprint density at radius 3 is 2.33 bits per heavy atom. The Morgan fingerprint density at radius 1 is 1.08 bits per heavy atom. The van der Waals surface area contributed by atoms with Gasteiger partial charge in [-0.3, -0.25) is 0 Å². The van der Waals surface area contributed by atoms with Crippen molar-refractivity contribution in [3.63, 3.8) is 0 Å². The first-order chi connectivity index (χ1) is 17.0. The molecule has 0 unspecified atom stereocenters. The molecule has 188 valence electrons. The minimum Gasteiger partial charge on any atom is -0.406 e. The van der Waals surface area contributed by atoms with Crippen molar-refractivity contribution in [2.24, 2.45) is 0 Å². The summed E-state index contributed by atoms with van der Waals surface area (Å²) in [5, 5.41) is 5.43. The van der Waals surface area contributed by atoms with Crippen molar-refractivity contribution in [2.45, 2.75) is 36.6 Å². The number of aryl methyl sites for hydroxylation is 1. The Labute approximate surface area is 211 Å². The number of rotatable bonds is 6. The standard InChI is InChI=1S/C23H19F4N3OS2.CO2/c1-13(2)32-21-20(15-7-9-18(10-8-15)31-23(25,26)27)28-22(33-21)30-12-19(14(3)29-30)16-5-4-6-17(24)11-16;2-1-3/h4-13H,1-3H3;. The van der Waals surface area contributed by atoms with Crippen LogP contribution in [0.5, 0.6) is 5.75 Å². The molecule has 0 amide bonds. The fraction of sp³-hybridized carbons (Fsp3) is 0.208. The summed E-state index contributed by atoms with van der Waals surface area (Å²) in [6.07, 6.45) is -2.69. The number of aromatic nitrogens is 3. The van der Waals surface area contributed by atoms with Gasteiger partial charge in [0, 0.05) is 22.6 Å². The molecule has 0 fully saturated rings. The number of halogens is 4. The first-order valence-electron chi connectivity index (χ1n) is 10.4. The van der Waals surface area contributed by atoms with Gasteiger partial charge < -0.3 is 4.74 Å². The van der Waals surface area contributed by atoms with Crippen LogP contribution in [0, 0.1) is 12.7 Å². The monoisotopic (exact) mass is 537 g/mol. The van der Waals surface area contributed by atoms with Crippen LogP contribution in [0.15, 0.2) is 58.9 Å². The molecule has 0 saturated heterocycles. The molecule has 0 aliphatic heterocycles. The number of hydrogen-bond donors (Lipinski definition) is 0. The highest BCUT2D eigenvalue weighted by atomic mass is 32.2. The van der Waals surface area contributed by atoms with Crippen LogP contribution >= 0.6 is 23.1 Å². The van der Waals surface area contributed by atoms with E-state index < -0.39 is 6.36 Å². The molecule has 4 rings (SSSR count). The van der Waals surface area contributed by atoms with E-state index in [1.54, 1.807) is 40.8 Å². The third-order valence-electron chi connectivity index (χ3n) is 4.52. The predicted molar refractivity (Wildman–Crippen MR) is 127 cm³/mol. The molecular formula is C24H19F4N3O3S2. The van der Waals surface area contributed by atoms with Gasteiger partial charge in [0.2, 0.25) is 5.13 Å². The average molecular weight is 538 g/mol. The third kappa shape index (κ3) is 7.03. The normalized spacial score (nSPS) is 11.1. The van der Waals surface area contributed by atoms with Crippen LogP contribution in [0.4, 0.5) is 17.6 Å². The Balaban J connectivity index is 0.00000115. The van der Waals surface area contributed by atoms with E-state index in [4.69, 9.17) is 14.6 Å². The van der Waals surface area contributed by atoms with Gasteiger partial charge >= 0.3 is 12.5 Å². The van der Waals surface area contributed by atoms with E-state index in [0.29, 0.717) is 22.0 Å². The quantitative estimate of drug-likeness (QED) is 0.196. The summed E-state index contributed by atoms with van der Waals surface area (Å²) >= 11 is 3.05. The number of alkyl halides is 3. The number of carbonyl (C=O) groups excluding carboxylic acids is 2. The Morgan fingerprint density at radius 2 is 1.75 bits per heavy atom. The number of nitrogens with zero attached hydrogens (tertiary/aromatic N) is 3. The molecule has 2 aromatic heterocycles. The number of thiazole rings is 1. The first-order valence-corrected chi connectivity index (χ1v) is 12.1. The van der Waals surface area contributed by atoms with E-state index in [-0.39, 0.29) is 23.0 Å². The second-order valence-corrected chi connectivity index (χ2v) is 10.4.